The molecule has 3 N–H and O–H groups in total. The van der Waals surface area contributed by atoms with Crippen LogP contribution < -0.4 is 11.1 Å². The Bertz CT molecular complexity index is 1060. The molecule has 0 aliphatic carbocycles. The lowest BCUT2D eigenvalue weighted by Crippen LogP contribution is -2.54. The molecular formula is C22H33N9O2. The molecule has 33 heavy (non-hydrogen) atoms. The predicted octanol–water partition coefficient (Wildman–Crippen LogP) is 2.13. The molecule has 1 fully saturated rings. The van der Waals surface area contributed by atoms with E-state index in [1.807, 2.05) is 4.90 Å². The minimum absolute atomic E-state index is 0.0688. The van der Waals surface area contributed by atoms with Gasteiger partial charge in [-0.2, -0.15) is 19.5 Å². The molecule has 11 nitrogen and oxygen atoms in total. The summed E-state index contributed by atoms with van der Waals surface area (Å²) >= 11 is 0. The van der Waals surface area contributed by atoms with Gasteiger partial charge in [-0.05, 0) is 31.0 Å². The molecule has 1 aliphatic heterocycles. The second kappa shape index (κ2) is 10.2. The Morgan fingerprint density at radius 3 is 2.67 bits per heavy atom. The summed E-state index contributed by atoms with van der Waals surface area (Å²) in [5, 5.41) is 7.55. The highest BCUT2D eigenvalue weighted by atomic mass is 16.3. The molecule has 2 atom stereocenters. The summed E-state index contributed by atoms with van der Waals surface area (Å²) in [4.78, 5) is 31.0. The summed E-state index contributed by atoms with van der Waals surface area (Å²) in [5.74, 6) is 1.73. The van der Waals surface area contributed by atoms with Crippen LogP contribution in [0.1, 0.15) is 40.0 Å². The number of hydrogen-bond donors (Lipinski definition) is 2. The zero-order valence-corrected chi connectivity index (χ0v) is 19.6. The quantitative estimate of drug-likeness (QED) is 0.498. The van der Waals surface area contributed by atoms with Crippen LogP contribution in [0.15, 0.2) is 22.8 Å². The van der Waals surface area contributed by atoms with Crippen molar-refractivity contribution in [1.29, 1.82) is 0 Å². The minimum atomic E-state index is -0.452. The van der Waals surface area contributed by atoms with E-state index < -0.39 is 6.04 Å². The average molecular weight is 456 g/mol. The number of anilines is 2. The fourth-order valence-corrected chi connectivity index (χ4v) is 3.97. The van der Waals surface area contributed by atoms with Crippen molar-refractivity contribution in [2.45, 2.75) is 46.1 Å². The Kier molecular flexibility index (Phi) is 7.07. The van der Waals surface area contributed by atoms with Gasteiger partial charge in [-0.3, -0.25) is 9.69 Å². The van der Waals surface area contributed by atoms with Crippen LogP contribution in [0.3, 0.4) is 0 Å². The summed E-state index contributed by atoms with van der Waals surface area (Å²) in [5.41, 5.74) is 6.12. The summed E-state index contributed by atoms with van der Waals surface area (Å²) in [7, 11) is 0. The number of amides is 1. The molecule has 4 heterocycles. The number of furan rings is 1. The van der Waals surface area contributed by atoms with E-state index in [4.69, 9.17) is 10.2 Å². The van der Waals surface area contributed by atoms with Crippen LogP contribution >= 0.6 is 0 Å². The van der Waals surface area contributed by atoms with Crippen LogP contribution in [-0.4, -0.2) is 79.0 Å². The SMILES string of the molecule is CCCCN1CCN(C(=O)[C@@H](Nc2nc(N)n3nc(-c4ccco4)nc3n2)C(C)CC)CC1. The number of piperazine rings is 1. The molecule has 0 radical (unpaired) electrons. The van der Waals surface area contributed by atoms with Crippen molar-refractivity contribution in [3.8, 4) is 11.6 Å². The number of carbonyl (C=O) groups excluding carboxylic acids is 1. The van der Waals surface area contributed by atoms with Crippen molar-refractivity contribution in [3.05, 3.63) is 18.4 Å². The van der Waals surface area contributed by atoms with Crippen LogP contribution in [0.4, 0.5) is 11.9 Å². The van der Waals surface area contributed by atoms with Crippen molar-refractivity contribution < 1.29 is 9.21 Å². The molecule has 3 aromatic rings. The van der Waals surface area contributed by atoms with E-state index in [-0.39, 0.29) is 29.5 Å². The maximum atomic E-state index is 13.4. The van der Waals surface area contributed by atoms with E-state index in [9.17, 15) is 4.79 Å². The van der Waals surface area contributed by atoms with Gasteiger partial charge in [-0.15, -0.1) is 5.10 Å². The van der Waals surface area contributed by atoms with Gasteiger partial charge in [0.25, 0.3) is 5.78 Å². The van der Waals surface area contributed by atoms with Crippen LogP contribution in [0.2, 0.25) is 0 Å². The largest absolute Gasteiger partial charge is 0.461 e. The number of rotatable bonds is 9. The molecule has 0 aromatic carbocycles. The molecule has 1 aliphatic rings. The predicted molar refractivity (Wildman–Crippen MR) is 125 cm³/mol. The third-order valence-corrected chi connectivity index (χ3v) is 6.25. The topological polar surface area (TPSA) is 131 Å². The van der Waals surface area contributed by atoms with Crippen molar-refractivity contribution in [3.63, 3.8) is 0 Å². The van der Waals surface area contributed by atoms with E-state index in [0.717, 1.165) is 39.1 Å². The fourth-order valence-electron chi connectivity index (χ4n) is 3.97. The van der Waals surface area contributed by atoms with Gasteiger partial charge >= 0.3 is 0 Å². The number of nitrogens with two attached hydrogens (primary N) is 1. The average Bonchev–Trinajstić information content (AvgIpc) is 3.51. The lowest BCUT2D eigenvalue weighted by Gasteiger charge is -2.37. The molecule has 0 bridgehead atoms. The van der Waals surface area contributed by atoms with Crippen LogP contribution in [0.5, 0.6) is 0 Å². The standard InChI is InChI=1S/C22H33N9O2/c1-4-6-9-29-10-12-30(13-11-29)19(32)17(15(3)5-2)24-21-26-20(23)31-22(27-21)25-18(28-31)16-8-7-14-33-16/h7-8,14-15,17H,4-6,9-13H2,1-3H3,(H3,23,24,25,26,27,28)/t15?,17-/m0/s1. The molecular weight excluding hydrogens is 422 g/mol. The molecule has 1 amide bonds. The highest BCUT2D eigenvalue weighted by Gasteiger charge is 2.31. The molecule has 178 valence electrons. The number of nitrogens with zero attached hydrogens (tertiary/aromatic N) is 7. The first kappa shape index (κ1) is 23.0. The lowest BCUT2D eigenvalue weighted by molar-refractivity contribution is -0.134. The summed E-state index contributed by atoms with van der Waals surface area (Å²) in [6.45, 7) is 10.7. The number of fused-ring (bicyclic) bond motifs is 1. The summed E-state index contributed by atoms with van der Waals surface area (Å²) < 4.78 is 6.72. The number of hydrogen-bond acceptors (Lipinski definition) is 9. The first-order valence-corrected chi connectivity index (χ1v) is 11.7. The smallest absolute Gasteiger partial charge is 0.259 e. The maximum Gasteiger partial charge on any atom is 0.259 e. The maximum absolute atomic E-state index is 13.4. The second-order valence-electron chi connectivity index (χ2n) is 8.56. The zero-order chi connectivity index (χ0) is 23.4. The van der Waals surface area contributed by atoms with Gasteiger partial charge in [0.15, 0.2) is 5.76 Å². The minimum Gasteiger partial charge on any atom is -0.461 e. The third-order valence-electron chi connectivity index (χ3n) is 6.25. The Balaban J connectivity index is 1.51. The first-order chi connectivity index (χ1) is 16.0. The Labute approximate surface area is 193 Å². The number of unbranched alkanes of at least 4 members (excludes halogenated alkanes) is 1. The zero-order valence-electron chi connectivity index (χ0n) is 19.6. The Morgan fingerprint density at radius 1 is 1.21 bits per heavy atom. The van der Waals surface area contributed by atoms with E-state index >= 15 is 0 Å². The van der Waals surface area contributed by atoms with E-state index in [2.05, 4.69) is 51.0 Å². The van der Waals surface area contributed by atoms with E-state index in [1.54, 1.807) is 18.4 Å². The number of nitrogen functional groups attached to an aromatic ring is 1. The Hall–Kier alpha value is -3.21. The van der Waals surface area contributed by atoms with Crippen molar-refractivity contribution in [2.75, 3.05) is 43.8 Å². The number of nitrogens with one attached hydrogen (secondary N) is 1. The summed E-state index contributed by atoms with van der Waals surface area (Å²) in [6.07, 6.45) is 4.76. The fraction of sp³-hybridized carbons (Fsp3) is 0.591. The van der Waals surface area contributed by atoms with Gasteiger partial charge in [0.1, 0.15) is 6.04 Å². The monoisotopic (exact) mass is 455 g/mol. The molecule has 4 rings (SSSR count). The number of aromatic nitrogens is 5. The first-order valence-electron chi connectivity index (χ1n) is 11.7. The van der Waals surface area contributed by atoms with Gasteiger partial charge in [0.05, 0.1) is 6.26 Å². The van der Waals surface area contributed by atoms with E-state index in [1.165, 1.54) is 17.4 Å². The van der Waals surface area contributed by atoms with Crippen LogP contribution in [0, 0.1) is 5.92 Å². The second-order valence-corrected chi connectivity index (χ2v) is 8.56. The van der Waals surface area contributed by atoms with Crippen molar-refractivity contribution in [1.82, 2.24) is 34.4 Å². The molecule has 11 heteroatoms. The van der Waals surface area contributed by atoms with Crippen molar-refractivity contribution in [2.24, 2.45) is 5.92 Å². The third kappa shape index (κ3) is 5.08. The Morgan fingerprint density at radius 2 is 2.00 bits per heavy atom. The molecule has 1 unspecified atom stereocenters. The van der Waals surface area contributed by atoms with Gasteiger partial charge in [0, 0.05) is 26.2 Å². The van der Waals surface area contributed by atoms with Crippen LogP contribution in [-0.2, 0) is 4.79 Å². The van der Waals surface area contributed by atoms with Gasteiger partial charge in [-0.1, -0.05) is 33.6 Å². The van der Waals surface area contributed by atoms with Gasteiger partial charge in [0.2, 0.25) is 23.6 Å². The van der Waals surface area contributed by atoms with Crippen molar-refractivity contribution >= 4 is 23.6 Å². The molecule has 1 saturated heterocycles. The highest BCUT2D eigenvalue weighted by Crippen LogP contribution is 2.20. The molecule has 3 aromatic heterocycles. The summed E-state index contributed by atoms with van der Waals surface area (Å²) in [6, 6.07) is 3.07. The number of carbonyl (C=O) groups is 1. The lowest BCUT2D eigenvalue weighted by atomic mass is 9.97. The van der Waals surface area contributed by atoms with Crippen LogP contribution in [0.25, 0.3) is 17.4 Å². The molecule has 0 saturated carbocycles. The normalized spacial score (nSPS) is 16.8. The highest BCUT2D eigenvalue weighted by molar-refractivity contribution is 5.84. The van der Waals surface area contributed by atoms with Gasteiger partial charge < -0.3 is 20.4 Å². The molecule has 0 spiro atoms. The van der Waals surface area contributed by atoms with E-state index in [0.29, 0.717) is 11.6 Å². The van der Waals surface area contributed by atoms with Gasteiger partial charge in [-0.25, -0.2) is 0 Å².